The van der Waals surface area contributed by atoms with Gasteiger partial charge in [0.25, 0.3) is 5.91 Å². The summed E-state index contributed by atoms with van der Waals surface area (Å²) in [5.41, 5.74) is 3.08. The Hall–Kier alpha value is 0.514. The van der Waals surface area contributed by atoms with E-state index in [1.165, 1.54) is 0 Å². The number of nitrogens with one attached hydrogen (secondary N) is 1. The van der Waals surface area contributed by atoms with Crippen LogP contribution < -0.4 is 5.32 Å². The quantitative estimate of drug-likeness (QED) is 0.691. The number of amides is 1. The van der Waals surface area contributed by atoms with Gasteiger partial charge < -0.3 is 5.32 Å². The summed E-state index contributed by atoms with van der Waals surface area (Å²) in [6, 6.07) is 3.79. The molecule has 1 amide bonds. The number of anilines is 1. The zero-order chi connectivity index (χ0) is 15.5. The van der Waals surface area contributed by atoms with Gasteiger partial charge in [0.2, 0.25) is 0 Å². The molecule has 0 aliphatic carbocycles. The zero-order valence-corrected chi connectivity index (χ0v) is 18.4. The second-order valence-electron chi connectivity index (χ2n) is 5.92. The van der Waals surface area contributed by atoms with Crippen molar-refractivity contribution in [1.29, 1.82) is 0 Å². The minimum atomic E-state index is -1.20. The van der Waals surface area contributed by atoms with Crippen molar-refractivity contribution in [2.24, 2.45) is 0 Å². The second kappa shape index (κ2) is 8.97. The van der Waals surface area contributed by atoms with Crippen LogP contribution in [0.5, 0.6) is 0 Å². The molecule has 1 aromatic rings. The van der Waals surface area contributed by atoms with Crippen LogP contribution >= 0.6 is 18.9 Å². The van der Waals surface area contributed by atoms with Crippen LogP contribution in [0.25, 0.3) is 0 Å². The third kappa shape index (κ3) is 5.58. The minimum absolute atomic E-state index is 0. The molecule has 1 unspecified atom stereocenters. The van der Waals surface area contributed by atoms with E-state index in [1.807, 2.05) is 26.0 Å². The van der Waals surface area contributed by atoms with E-state index in [9.17, 15) is 4.79 Å². The van der Waals surface area contributed by atoms with Crippen LogP contribution in [0.3, 0.4) is 0 Å². The molecule has 0 saturated carbocycles. The number of benzene rings is 1. The summed E-state index contributed by atoms with van der Waals surface area (Å²) in [6.07, 6.45) is 1.99. The monoisotopic (exact) mass is 403 g/mol. The molecular formula is C16H26ClNOPY+. The van der Waals surface area contributed by atoms with Gasteiger partial charge in [-0.2, -0.15) is 0 Å². The number of halogens is 1. The molecular weight excluding hydrogens is 378 g/mol. The van der Waals surface area contributed by atoms with Crippen molar-refractivity contribution < 1.29 is 37.5 Å². The van der Waals surface area contributed by atoms with Gasteiger partial charge in [0.15, 0.2) is 0 Å². The molecule has 1 aromatic carbocycles. The van der Waals surface area contributed by atoms with E-state index in [-0.39, 0.29) is 44.3 Å². The Morgan fingerprint density at radius 2 is 1.71 bits per heavy atom. The Morgan fingerprint density at radius 3 is 2.10 bits per heavy atom. The maximum absolute atomic E-state index is 12.6. The smallest absolute Gasteiger partial charge is 0.265 e. The van der Waals surface area contributed by atoms with Crippen molar-refractivity contribution in [2.45, 2.75) is 39.8 Å². The average Bonchev–Trinajstić information content (AvgIpc) is 2.34. The Morgan fingerprint density at radius 1 is 1.24 bits per heavy atom. The SMILES string of the molecule is CCC(C(=O)Nc1c(C)cc(Cl)cc1C)[P+](C)(C)CC.[Y]. The second-order valence-corrected chi connectivity index (χ2v) is 11.2. The third-order valence-corrected chi connectivity index (χ3v) is 8.23. The van der Waals surface area contributed by atoms with Gasteiger partial charge in [-0.3, -0.25) is 4.79 Å². The molecule has 115 valence electrons. The van der Waals surface area contributed by atoms with Gasteiger partial charge >= 0.3 is 0 Å². The van der Waals surface area contributed by atoms with E-state index in [1.54, 1.807) is 0 Å². The number of hydrogen-bond acceptors (Lipinski definition) is 1. The minimum Gasteiger partial charge on any atom is -0.322 e. The number of hydrogen-bond donors (Lipinski definition) is 1. The number of aryl methyl sites for hydroxylation is 2. The van der Waals surface area contributed by atoms with Gasteiger partial charge in [-0.05, 0) is 50.5 Å². The Labute approximate surface area is 160 Å². The Balaban J connectivity index is 0.00000400. The maximum Gasteiger partial charge on any atom is 0.265 e. The van der Waals surface area contributed by atoms with Gasteiger partial charge in [-0.1, -0.05) is 18.5 Å². The largest absolute Gasteiger partial charge is 0.322 e. The fourth-order valence-corrected chi connectivity index (χ4v) is 4.99. The summed E-state index contributed by atoms with van der Waals surface area (Å²) in [5.74, 6) is 0.154. The number of carbonyl (C=O) groups excluding carboxylic acids is 1. The first kappa shape index (κ1) is 21.5. The molecule has 0 saturated heterocycles. The summed E-state index contributed by atoms with van der Waals surface area (Å²) in [6.45, 7) is 12.8. The molecule has 0 aliphatic rings. The molecule has 0 fully saturated rings. The van der Waals surface area contributed by atoms with E-state index < -0.39 is 7.26 Å². The standard InChI is InChI=1S/C16H25ClNOP.Y/c1-7-14(20(5,6)8-2)16(19)18-15-11(3)9-13(17)10-12(15)4;/h9-10,14H,7-8H2,1-6H3;/p+1. The molecule has 21 heavy (non-hydrogen) atoms. The van der Waals surface area contributed by atoms with E-state index >= 15 is 0 Å². The molecule has 0 heterocycles. The van der Waals surface area contributed by atoms with Crippen LogP contribution in [-0.2, 0) is 37.5 Å². The summed E-state index contributed by atoms with van der Waals surface area (Å²) < 4.78 is 0. The maximum atomic E-state index is 12.6. The van der Waals surface area contributed by atoms with Gasteiger partial charge in [0.05, 0.1) is 6.16 Å². The van der Waals surface area contributed by atoms with E-state index in [2.05, 4.69) is 32.5 Å². The van der Waals surface area contributed by atoms with Crippen molar-refractivity contribution in [3.05, 3.63) is 28.3 Å². The van der Waals surface area contributed by atoms with Gasteiger partial charge in [0.1, 0.15) is 5.66 Å². The van der Waals surface area contributed by atoms with Crippen molar-refractivity contribution >= 4 is 30.5 Å². The predicted molar refractivity (Wildman–Crippen MR) is 92.9 cm³/mol. The van der Waals surface area contributed by atoms with Crippen molar-refractivity contribution in [3.8, 4) is 0 Å². The van der Waals surface area contributed by atoms with Crippen molar-refractivity contribution in [2.75, 3.05) is 24.8 Å². The van der Waals surface area contributed by atoms with Crippen LogP contribution in [0.1, 0.15) is 31.4 Å². The molecule has 0 aromatic heterocycles. The van der Waals surface area contributed by atoms with Crippen LogP contribution in [0.15, 0.2) is 12.1 Å². The molecule has 0 bridgehead atoms. The average molecular weight is 404 g/mol. The molecule has 0 aliphatic heterocycles. The van der Waals surface area contributed by atoms with Crippen molar-refractivity contribution in [3.63, 3.8) is 0 Å². The number of rotatable bonds is 5. The zero-order valence-electron chi connectivity index (χ0n) is 14.0. The van der Waals surface area contributed by atoms with Crippen LogP contribution in [0.2, 0.25) is 5.02 Å². The first-order valence-corrected chi connectivity index (χ1v) is 10.4. The van der Waals surface area contributed by atoms with E-state index in [0.717, 1.165) is 29.4 Å². The molecule has 1 rings (SSSR count). The summed E-state index contributed by atoms with van der Waals surface area (Å²) in [5, 5.41) is 3.84. The fourth-order valence-electron chi connectivity index (χ4n) is 2.53. The molecule has 1 N–H and O–H groups in total. The van der Waals surface area contributed by atoms with E-state index in [0.29, 0.717) is 5.02 Å². The van der Waals surface area contributed by atoms with Gasteiger partial charge in [-0.15, -0.1) is 0 Å². The summed E-state index contributed by atoms with van der Waals surface area (Å²) >= 11 is 6.04. The van der Waals surface area contributed by atoms with Gasteiger partial charge in [-0.25, -0.2) is 0 Å². The third-order valence-electron chi connectivity index (χ3n) is 4.09. The molecule has 5 heteroatoms. The van der Waals surface area contributed by atoms with Crippen LogP contribution in [0.4, 0.5) is 5.69 Å². The summed E-state index contributed by atoms with van der Waals surface area (Å²) in [7, 11) is -1.20. The first-order chi connectivity index (χ1) is 9.22. The first-order valence-electron chi connectivity index (χ1n) is 7.13. The normalized spacial score (nSPS) is 12.5. The Kier molecular flexibility index (Phi) is 9.19. The molecule has 1 radical (unpaired) electrons. The topological polar surface area (TPSA) is 29.1 Å². The summed E-state index contributed by atoms with van der Waals surface area (Å²) in [4.78, 5) is 12.6. The van der Waals surface area contributed by atoms with Crippen LogP contribution in [0, 0.1) is 13.8 Å². The van der Waals surface area contributed by atoms with E-state index in [4.69, 9.17) is 11.6 Å². The molecule has 0 spiro atoms. The van der Waals surface area contributed by atoms with Crippen LogP contribution in [-0.4, -0.2) is 31.1 Å². The Bertz CT molecular complexity index is 482. The molecule has 2 nitrogen and oxygen atoms in total. The molecule has 1 atom stereocenters. The van der Waals surface area contributed by atoms with Crippen molar-refractivity contribution in [1.82, 2.24) is 0 Å². The predicted octanol–water partition coefficient (Wildman–Crippen LogP) is 4.97. The van der Waals surface area contributed by atoms with Gasteiger partial charge in [0, 0.05) is 64.0 Å². The number of carbonyl (C=O) groups is 1. The fraction of sp³-hybridized carbons (Fsp3) is 0.562.